The molecule has 2 aromatic carbocycles. The summed E-state index contributed by atoms with van der Waals surface area (Å²) in [6.45, 7) is 1.90. The van der Waals surface area contributed by atoms with Crippen molar-refractivity contribution in [1.82, 2.24) is 26.6 Å². The van der Waals surface area contributed by atoms with E-state index in [1.807, 2.05) is 0 Å². The number of aliphatic hydroxyl groups excluding tert-OH is 4. The maximum absolute atomic E-state index is 13.6. The number of hydrogen-bond donors (Lipinski definition) is 11. The van der Waals surface area contributed by atoms with Crippen LogP contribution in [0.2, 0.25) is 0 Å². The van der Waals surface area contributed by atoms with Crippen LogP contribution in [0.4, 0.5) is 0 Å². The number of hydrogen-bond acceptors (Lipinski definition) is 12. The lowest BCUT2D eigenvalue weighted by molar-refractivity contribution is -0.236. The third-order valence-electron chi connectivity index (χ3n) is 8.05. The maximum atomic E-state index is 13.6. The van der Waals surface area contributed by atoms with E-state index in [2.05, 4.69) is 26.6 Å². The molecule has 1 heterocycles. The number of benzene rings is 2. The lowest BCUT2D eigenvalue weighted by Gasteiger charge is -2.40. The van der Waals surface area contributed by atoms with Crippen LogP contribution < -0.4 is 32.3 Å². The number of rotatable bonds is 17. The van der Waals surface area contributed by atoms with Gasteiger partial charge < -0.3 is 62.6 Å². The zero-order chi connectivity index (χ0) is 37.7. The molecular weight excluding hydrogens is 668 g/mol. The monoisotopic (exact) mass is 716 g/mol. The van der Waals surface area contributed by atoms with Gasteiger partial charge in [0.1, 0.15) is 42.2 Å². The van der Waals surface area contributed by atoms with Crippen LogP contribution in [0.3, 0.4) is 0 Å². The van der Waals surface area contributed by atoms with Crippen molar-refractivity contribution in [2.45, 2.75) is 81.9 Å². The minimum absolute atomic E-state index is 0.0179. The summed E-state index contributed by atoms with van der Waals surface area (Å²) in [4.78, 5) is 64.6. The fourth-order valence-electron chi connectivity index (χ4n) is 5.26. The lowest BCUT2D eigenvalue weighted by atomic mass is 9.97. The van der Waals surface area contributed by atoms with Crippen LogP contribution in [-0.4, -0.2) is 124 Å². The van der Waals surface area contributed by atoms with Crippen LogP contribution in [0.1, 0.15) is 31.4 Å². The zero-order valence-corrected chi connectivity index (χ0v) is 28.4. The summed E-state index contributed by atoms with van der Waals surface area (Å²) in [6, 6.07) is 11.5. The zero-order valence-electron chi connectivity index (χ0n) is 28.4. The highest BCUT2D eigenvalue weighted by atomic mass is 16.6. The van der Waals surface area contributed by atoms with Crippen molar-refractivity contribution >= 4 is 29.5 Å². The minimum atomic E-state index is -1.74. The quantitative estimate of drug-likeness (QED) is 0.0767. The van der Waals surface area contributed by atoms with Crippen LogP contribution in [0.15, 0.2) is 54.6 Å². The van der Waals surface area contributed by atoms with E-state index >= 15 is 0 Å². The van der Waals surface area contributed by atoms with Crippen molar-refractivity contribution in [1.29, 1.82) is 0 Å². The highest BCUT2D eigenvalue weighted by molar-refractivity contribution is 5.94. The number of carbonyl (C=O) groups excluding carboxylic acids is 5. The number of phenolic OH excluding ortho intramolecular Hbond substituents is 1. The molecule has 0 aliphatic carbocycles. The van der Waals surface area contributed by atoms with E-state index in [4.69, 9.17) is 10.5 Å². The van der Waals surface area contributed by atoms with Crippen LogP contribution in [-0.2, 0) is 41.6 Å². The molecule has 0 radical (unpaired) electrons. The van der Waals surface area contributed by atoms with Crippen molar-refractivity contribution in [3.05, 3.63) is 65.7 Å². The average molecular weight is 717 g/mol. The smallest absolute Gasteiger partial charge is 0.244 e. The minimum Gasteiger partial charge on any atom is -0.508 e. The summed E-state index contributed by atoms with van der Waals surface area (Å²) in [5.74, 6) is -3.60. The molecule has 0 aromatic heterocycles. The molecule has 3 rings (SSSR count). The Bertz CT molecular complexity index is 1460. The highest BCUT2D eigenvalue weighted by Gasteiger charge is 2.44. The summed E-state index contributed by atoms with van der Waals surface area (Å²) in [6.07, 6.45) is -7.56. The molecule has 2 aromatic rings. The normalized spacial score (nSPS) is 21.8. The first-order chi connectivity index (χ1) is 24.2. The van der Waals surface area contributed by atoms with Crippen molar-refractivity contribution in [2.75, 3.05) is 19.7 Å². The third kappa shape index (κ3) is 12.9. The average Bonchev–Trinajstić information content (AvgIpc) is 3.10. The topological polar surface area (TPSA) is 282 Å². The van der Waals surface area contributed by atoms with E-state index in [1.54, 1.807) is 56.3 Å². The number of carbonyl (C=O) groups is 5. The number of nitrogens with two attached hydrogens (primary N) is 1. The van der Waals surface area contributed by atoms with Crippen molar-refractivity contribution < 1.29 is 54.2 Å². The van der Waals surface area contributed by atoms with Gasteiger partial charge in [-0.3, -0.25) is 24.0 Å². The van der Waals surface area contributed by atoms with Gasteiger partial charge in [0.2, 0.25) is 29.5 Å². The molecule has 12 N–H and O–H groups in total. The van der Waals surface area contributed by atoms with E-state index in [0.29, 0.717) is 11.1 Å². The Morgan fingerprint density at radius 3 is 2.00 bits per heavy atom. The summed E-state index contributed by atoms with van der Waals surface area (Å²) in [7, 11) is 0. The van der Waals surface area contributed by atoms with Gasteiger partial charge in [-0.15, -0.1) is 0 Å². The Morgan fingerprint density at radius 2 is 1.37 bits per heavy atom. The van der Waals surface area contributed by atoms with Crippen LogP contribution >= 0.6 is 0 Å². The number of amides is 5. The molecule has 8 atom stereocenters. The number of aromatic hydroxyl groups is 1. The van der Waals surface area contributed by atoms with Crippen molar-refractivity contribution in [3.8, 4) is 5.75 Å². The molecular formula is C34H48N6O11. The van der Waals surface area contributed by atoms with Gasteiger partial charge in [0, 0.05) is 6.42 Å². The Kier molecular flexibility index (Phi) is 15.7. The number of aliphatic hydroxyl groups is 4. The Hall–Kier alpha value is -4.65. The molecule has 280 valence electrons. The first-order valence-corrected chi connectivity index (χ1v) is 16.5. The molecule has 17 nitrogen and oxygen atoms in total. The summed E-state index contributed by atoms with van der Waals surface area (Å²) in [5, 5.41) is 61.8. The van der Waals surface area contributed by atoms with E-state index < -0.39 is 98.0 Å². The predicted octanol–water partition coefficient (Wildman–Crippen LogP) is -3.33. The molecule has 51 heavy (non-hydrogen) atoms. The Morgan fingerprint density at radius 1 is 0.745 bits per heavy atom. The standard InChI is InChI=1S/C34H48N6O11/c1-18(2)12-23(33(50)40-34-30(47)29(46)28(45)25(17-41)51-34)39-32(49)24(14-19-6-4-3-5-7-19)38-27(44)16-36-26(43)15-37-31(48)22(35)13-20-8-10-21(42)11-9-20/h3-11,18,22-25,28-30,34,41-42,45-47H,12-17,35H2,1-2H3,(H,36,43)(H,37,48)(H,38,44)(H,39,49)(H,40,50)/t22-,23-,24-,25+,28+,29-,30+,34+/m0/s1. The van der Waals surface area contributed by atoms with Gasteiger partial charge in [-0.05, 0) is 42.0 Å². The summed E-state index contributed by atoms with van der Waals surface area (Å²) >= 11 is 0. The van der Waals surface area contributed by atoms with Crippen LogP contribution in [0.25, 0.3) is 0 Å². The molecule has 0 spiro atoms. The SMILES string of the molecule is CC(C)C[C@H](NC(=O)[C@H](Cc1ccccc1)NC(=O)CNC(=O)CNC(=O)[C@@H](N)Cc1ccc(O)cc1)C(=O)N[C@@H]1O[C@H](CO)[C@@H](O)[C@H](O)[C@H]1O. The molecule has 1 fully saturated rings. The van der Waals surface area contributed by atoms with Gasteiger partial charge in [0.05, 0.1) is 25.7 Å². The second kappa shape index (κ2) is 19.7. The molecule has 0 unspecified atom stereocenters. The number of ether oxygens (including phenoxy) is 1. The van der Waals surface area contributed by atoms with Gasteiger partial charge in [0.15, 0.2) is 6.23 Å². The Balaban J connectivity index is 1.60. The summed E-state index contributed by atoms with van der Waals surface area (Å²) < 4.78 is 5.37. The van der Waals surface area contributed by atoms with Gasteiger partial charge in [-0.25, -0.2) is 0 Å². The third-order valence-corrected chi connectivity index (χ3v) is 8.05. The van der Waals surface area contributed by atoms with Crippen molar-refractivity contribution in [2.24, 2.45) is 11.7 Å². The molecule has 1 aliphatic rings. The molecule has 17 heteroatoms. The van der Waals surface area contributed by atoms with Crippen LogP contribution in [0.5, 0.6) is 5.75 Å². The molecule has 1 saturated heterocycles. The lowest BCUT2D eigenvalue weighted by Crippen LogP contribution is -2.65. The molecule has 0 bridgehead atoms. The number of phenols is 1. The fraction of sp³-hybridized carbons (Fsp3) is 0.500. The van der Waals surface area contributed by atoms with Gasteiger partial charge >= 0.3 is 0 Å². The largest absolute Gasteiger partial charge is 0.508 e. The molecule has 1 aliphatic heterocycles. The molecule has 0 saturated carbocycles. The van der Waals surface area contributed by atoms with Crippen LogP contribution in [0, 0.1) is 5.92 Å². The van der Waals surface area contributed by atoms with Crippen molar-refractivity contribution in [3.63, 3.8) is 0 Å². The predicted molar refractivity (Wildman–Crippen MR) is 181 cm³/mol. The first kappa shape index (κ1) is 40.8. The van der Waals surface area contributed by atoms with Gasteiger partial charge in [0.25, 0.3) is 0 Å². The maximum Gasteiger partial charge on any atom is 0.244 e. The second-order valence-electron chi connectivity index (χ2n) is 12.7. The van der Waals surface area contributed by atoms with E-state index in [9.17, 15) is 49.5 Å². The molecule has 5 amide bonds. The van der Waals surface area contributed by atoms with Gasteiger partial charge in [-0.2, -0.15) is 0 Å². The summed E-state index contributed by atoms with van der Waals surface area (Å²) in [5.41, 5.74) is 7.30. The van der Waals surface area contributed by atoms with Gasteiger partial charge in [-0.1, -0.05) is 56.3 Å². The highest BCUT2D eigenvalue weighted by Crippen LogP contribution is 2.20. The number of nitrogens with one attached hydrogen (secondary N) is 5. The van der Waals surface area contributed by atoms with E-state index in [-0.39, 0.29) is 30.9 Å². The van der Waals surface area contributed by atoms with E-state index in [1.165, 1.54) is 12.1 Å². The first-order valence-electron chi connectivity index (χ1n) is 16.5. The van der Waals surface area contributed by atoms with E-state index in [0.717, 1.165) is 0 Å². The second-order valence-corrected chi connectivity index (χ2v) is 12.7. The Labute approximate surface area is 294 Å². The fourth-order valence-corrected chi connectivity index (χ4v) is 5.26.